The van der Waals surface area contributed by atoms with Crippen molar-refractivity contribution in [3.8, 4) is 11.5 Å². The lowest BCUT2D eigenvalue weighted by Gasteiger charge is -2.33. The molecule has 0 aromatic heterocycles. The molecule has 0 aliphatic carbocycles. The molecule has 1 aromatic carbocycles. The molecule has 0 saturated carbocycles. The van der Waals surface area contributed by atoms with Gasteiger partial charge in [0.05, 0.1) is 13.2 Å². The Kier molecular flexibility index (Phi) is 5.76. The van der Waals surface area contributed by atoms with Crippen LogP contribution in [0, 0.1) is 5.92 Å². The van der Waals surface area contributed by atoms with Crippen molar-refractivity contribution in [2.75, 3.05) is 13.2 Å². The predicted molar refractivity (Wildman–Crippen MR) is 100 cm³/mol. The van der Waals surface area contributed by atoms with E-state index in [2.05, 4.69) is 46.8 Å². The summed E-state index contributed by atoms with van der Waals surface area (Å²) in [6, 6.07) is 4.17. The molecule has 0 unspecified atom stereocenters. The van der Waals surface area contributed by atoms with Crippen molar-refractivity contribution in [2.45, 2.75) is 53.6 Å². The van der Waals surface area contributed by atoms with Crippen LogP contribution >= 0.6 is 0 Å². The molecule has 132 valence electrons. The van der Waals surface area contributed by atoms with Gasteiger partial charge in [0, 0.05) is 17.2 Å². The molecule has 0 atom stereocenters. The Balaban J connectivity index is 2.67. The lowest BCUT2D eigenvalue weighted by atomic mass is 9.86. The van der Waals surface area contributed by atoms with Crippen molar-refractivity contribution in [3.05, 3.63) is 35.4 Å². The molecular weight excluding hydrogens is 300 g/mol. The van der Waals surface area contributed by atoms with Gasteiger partial charge in [0.2, 0.25) is 0 Å². The SMILES string of the molecule is CCOc1cc2c(cc1/C(=C/CO)CC)C(C(C)C)=CC(C)(C)O2. The molecule has 1 aliphatic heterocycles. The predicted octanol–water partition coefficient (Wildman–Crippen LogP) is 5.08. The van der Waals surface area contributed by atoms with Gasteiger partial charge in [-0.1, -0.05) is 26.8 Å². The first kappa shape index (κ1) is 18.6. The molecule has 3 heteroatoms. The van der Waals surface area contributed by atoms with Crippen molar-refractivity contribution in [1.29, 1.82) is 0 Å². The van der Waals surface area contributed by atoms with Crippen molar-refractivity contribution < 1.29 is 14.6 Å². The van der Waals surface area contributed by atoms with Gasteiger partial charge in [-0.3, -0.25) is 0 Å². The van der Waals surface area contributed by atoms with Gasteiger partial charge < -0.3 is 14.6 Å². The number of ether oxygens (including phenoxy) is 2. The summed E-state index contributed by atoms with van der Waals surface area (Å²) in [6.07, 6.45) is 4.91. The number of fused-ring (bicyclic) bond motifs is 1. The zero-order valence-electron chi connectivity index (χ0n) is 15.8. The van der Waals surface area contributed by atoms with Gasteiger partial charge in [0.25, 0.3) is 0 Å². The van der Waals surface area contributed by atoms with Crippen molar-refractivity contribution in [3.63, 3.8) is 0 Å². The Labute approximate surface area is 146 Å². The highest BCUT2D eigenvalue weighted by molar-refractivity contribution is 5.81. The molecule has 1 aromatic rings. The number of hydrogen-bond donors (Lipinski definition) is 1. The molecular formula is C21H30O3. The highest BCUT2D eigenvalue weighted by Gasteiger charge is 2.29. The largest absolute Gasteiger partial charge is 0.493 e. The third-order valence-corrected chi connectivity index (χ3v) is 4.26. The van der Waals surface area contributed by atoms with Gasteiger partial charge >= 0.3 is 0 Å². The van der Waals surface area contributed by atoms with E-state index in [9.17, 15) is 5.11 Å². The summed E-state index contributed by atoms with van der Waals surface area (Å²) in [5.74, 6) is 2.10. The Morgan fingerprint density at radius 1 is 1.29 bits per heavy atom. The van der Waals surface area contributed by atoms with E-state index >= 15 is 0 Å². The second kappa shape index (κ2) is 7.43. The summed E-state index contributed by atoms with van der Waals surface area (Å²) in [6.45, 7) is 13.3. The van der Waals surface area contributed by atoms with E-state index in [0.29, 0.717) is 12.5 Å². The van der Waals surface area contributed by atoms with E-state index in [1.807, 2.05) is 19.1 Å². The third-order valence-electron chi connectivity index (χ3n) is 4.26. The highest BCUT2D eigenvalue weighted by atomic mass is 16.5. The quantitative estimate of drug-likeness (QED) is 0.790. The van der Waals surface area contributed by atoms with E-state index in [4.69, 9.17) is 9.47 Å². The molecule has 24 heavy (non-hydrogen) atoms. The van der Waals surface area contributed by atoms with E-state index in [1.54, 1.807) is 0 Å². The number of benzene rings is 1. The van der Waals surface area contributed by atoms with Crippen LogP contribution in [0.15, 0.2) is 24.3 Å². The van der Waals surface area contributed by atoms with E-state index in [1.165, 1.54) is 5.57 Å². The molecule has 0 spiro atoms. The number of aliphatic hydroxyl groups excluding tert-OH is 1. The molecule has 0 bridgehead atoms. The number of allylic oxidation sites excluding steroid dienone is 2. The molecule has 0 saturated heterocycles. The maximum atomic E-state index is 9.34. The van der Waals surface area contributed by atoms with Gasteiger partial charge in [0.1, 0.15) is 17.1 Å². The molecule has 3 nitrogen and oxygen atoms in total. The number of aliphatic hydroxyl groups is 1. The van der Waals surface area contributed by atoms with E-state index in [-0.39, 0.29) is 12.2 Å². The standard InChI is InChI=1S/C21H30O3/c1-7-15(9-10-22)16-11-17-18(14(3)4)13-21(5,6)24-20(17)12-19(16)23-8-2/h9,11-14,22H,7-8,10H2,1-6H3/b15-9+. The Morgan fingerprint density at radius 2 is 2.00 bits per heavy atom. The third kappa shape index (κ3) is 3.84. The van der Waals surface area contributed by atoms with Gasteiger partial charge in [-0.05, 0) is 56.4 Å². The van der Waals surface area contributed by atoms with Crippen molar-refractivity contribution in [2.24, 2.45) is 5.92 Å². The smallest absolute Gasteiger partial charge is 0.131 e. The lowest BCUT2D eigenvalue weighted by Crippen LogP contribution is -2.29. The van der Waals surface area contributed by atoms with Crippen LogP contribution in [0.2, 0.25) is 0 Å². The van der Waals surface area contributed by atoms with E-state index in [0.717, 1.165) is 34.6 Å². The van der Waals surface area contributed by atoms with Crippen LogP contribution in [0.4, 0.5) is 0 Å². The maximum Gasteiger partial charge on any atom is 0.131 e. The summed E-state index contributed by atoms with van der Waals surface area (Å²) in [5, 5.41) is 9.34. The van der Waals surface area contributed by atoms with Gasteiger partial charge in [0.15, 0.2) is 0 Å². The highest BCUT2D eigenvalue weighted by Crippen LogP contribution is 2.44. The van der Waals surface area contributed by atoms with Crippen molar-refractivity contribution in [1.82, 2.24) is 0 Å². The zero-order valence-corrected chi connectivity index (χ0v) is 15.8. The Hall–Kier alpha value is -1.74. The fourth-order valence-corrected chi connectivity index (χ4v) is 3.19. The fraction of sp³-hybridized carbons (Fsp3) is 0.524. The van der Waals surface area contributed by atoms with Crippen LogP contribution in [0.25, 0.3) is 11.1 Å². The molecule has 1 aliphatic rings. The fourth-order valence-electron chi connectivity index (χ4n) is 3.19. The summed E-state index contributed by atoms with van der Waals surface area (Å²) in [7, 11) is 0. The molecule has 0 amide bonds. The average molecular weight is 330 g/mol. The van der Waals surface area contributed by atoms with Crippen LogP contribution < -0.4 is 9.47 Å². The normalized spacial score (nSPS) is 16.5. The second-order valence-corrected chi connectivity index (χ2v) is 7.00. The molecule has 1 heterocycles. The summed E-state index contributed by atoms with van der Waals surface area (Å²) >= 11 is 0. The molecule has 1 N–H and O–H groups in total. The van der Waals surface area contributed by atoms with Crippen LogP contribution in [0.5, 0.6) is 11.5 Å². The molecule has 0 fully saturated rings. The first-order valence-electron chi connectivity index (χ1n) is 8.86. The first-order valence-corrected chi connectivity index (χ1v) is 8.86. The minimum absolute atomic E-state index is 0.0300. The molecule has 2 rings (SSSR count). The molecule has 0 radical (unpaired) electrons. The Morgan fingerprint density at radius 3 is 2.54 bits per heavy atom. The minimum Gasteiger partial charge on any atom is -0.493 e. The van der Waals surface area contributed by atoms with Crippen LogP contribution in [0.3, 0.4) is 0 Å². The van der Waals surface area contributed by atoms with Crippen LogP contribution in [-0.4, -0.2) is 23.9 Å². The second-order valence-electron chi connectivity index (χ2n) is 7.00. The first-order chi connectivity index (χ1) is 11.3. The summed E-state index contributed by atoms with van der Waals surface area (Å²) in [4.78, 5) is 0. The number of rotatable bonds is 6. The van der Waals surface area contributed by atoms with Crippen molar-refractivity contribution >= 4 is 11.1 Å². The maximum absolute atomic E-state index is 9.34. The van der Waals surface area contributed by atoms with Crippen LogP contribution in [-0.2, 0) is 0 Å². The zero-order chi connectivity index (χ0) is 17.9. The topological polar surface area (TPSA) is 38.7 Å². The van der Waals surface area contributed by atoms with Crippen LogP contribution in [0.1, 0.15) is 59.1 Å². The van der Waals surface area contributed by atoms with Gasteiger partial charge in [-0.25, -0.2) is 0 Å². The van der Waals surface area contributed by atoms with Gasteiger partial charge in [-0.15, -0.1) is 0 Å². The van der Waals surface area contributed by atoms with E-state index < -0.39 is 0 Å². The monoisotopic (exact) mass is 330 g/mol. The van der Waals surface area contributed by atoms with Gasteiger partial charge in [-0.2, -0.15) is 0 Å². The lowest BCUT2D eigenvalue weighted by molar-refractivity contribution is 0.156. The number of hydrogen-bond acceptors (Lipinski definition) is 3. The Bertz CT molecular complexity index is 651. The summed E-state index contributed by atoms with van der Waals surface area (Å²) < 4.78 is 12.1. The average Bonchev–Trinajstić information content (AvgIpc) is 2.51. The summed E-state index contributed by atoms with van der Waals surface area (Å²) in [5.41, 5.74) is 4.23. The minimum atomic E-state index is -0.327.